The largest absolute Gasteiger partial charge is 0.395 e. The summed E-state index contributed by atoms with van der Waals surface area (Å²) in [5.41, 5.74) is 3.42. The lowest BCUT2D eigenvalue weighted by Gasteiger charge is -2.35. The van der Waals surface area contributed by atoms with Crippen LogP contribution in [0.1, 0.15) is 22.8 Å². The van der Waals surface area contributed by atoms with Crippen LogP contribution in [0.3, 0.4) is 0 Å². The number of piperazine rings is 1. The van der Waals surface area contributed by atoms with E-state index < -0.39 is 6.10 Å². The van der Waals surface area contributed by atoms with Gasteiger partial charge in [0.2, 0.25) is 0 Å². The maximum absolute atomic E-state index is 10.6. The van der Waals surface area contributed by atoms with Crippen molar-refractivity contribution in [1.82, 2.24) is 9.80 Å². The third-order valence-corrected chi connectivity index (χ3v) is 5.38. The Bertz CT molecular complexity index is 702. The topological polar surface area (TPSA) is 56.2 Å². The standard InChI is InChI=1S/C23H32N2O3/c1-19-7-5-6-10-22(19)23(20-8-3-2-4-9-20)28-18-21(27)17-25-13-11-24(12-14-25)15-16-26/h2-10,21,23,26-27H,11-18H2,1H3/t21-,23+/m0/s1. The van der Waals surface area contributed by atoms with Gasteiger partial charge < -0.3 is 14.9 Å². The molecule has 0 aliphatic carbocycles. The summed E-state index contributed by atoms with van der Waals surface area (Å²) in [6, 6.07) is 18.4. The summed E-state index contributed by atoms with van der Waals surface area (Å²) in [7, 11) is 0. The van der Waals surface area contributed by atoms with E-state index in [1.54, 1.807) is 0 Å². The minimum Gasteiger partial charge on any atom is -0.395 e. The second-order valence-corrected chi connectivity index (χ2v) is 7.50. The number of ether oxygens (including phenoxy) is 1. The molecule has 1 aliphatic heterocycles. The van der Waals surface area contributed by atoms with Crippen molar-refractivity contribution >= 4 is 0 Å². The highest BCUT2D eigenvalue weighted by Gasteiger charge is 2.21. The molecule has 1 heterocycles. The highest BCUT2D eigenvalue weighted by molar-refractivity contribution is 5.35. The van der Waals surface area contributed by atoms with E-state index in [4.69, 9.17) is 9.84 Å². The number of rotatable bonds is 9. The van der Waals surface area contributed by atoms with Gasteiger partial charge >= 0.3 is 0 Å². The molecule has 2 N–H and O–H groups in total. The quantitative estimate of drug-likeness (QED) is 0.693. The van der Waals surface area contributed by atoms with Gasteiger partial charge in [0, 0.05) is 39.3 Å². The Kier molecular flexibility index (Phi) is 8.01. The predicted molar refractivity (Wildman–Crippen MR) is 111 cm³/mol. The molecule has 0 aromatic heterocycles. The molecule has 2 aromatic carbocycles. The van der Waals surface area contributed by atoms with Gasteiger partial charge in [0.1, 0.15) is 6.10 Å². The van der Waals surface area contributed by atoms with Gasteiger partial charge in [-0.1, -0.05) is 54.6 Å². The number of nitrogens with zero attached hydrogens (tertiary/aromatic N) is 2. The Balaban J connectivity index is 1.57. The van der Waals surface area contributed by atoms with Crippen molar-refractivity contribution in [2.45, 2.75) is 19.1 Å². The highest BCUT2D eigenvalue weighted by atomic mass is 16.5. The van der Waals surface area contributed by atoms with Crippen LogP contribution in [0.15, 0.2) is 54.6 Å². The summed E-state index contributed by atoms with van der Waals surface area (Å²) in [5.74, 6) is 0. The number of aryl methyl sites for hydroxylation is 1. The molecule has 5 nitrogen and oxygen atoms in total. The molecule has 3 rings (SSSR count). The summed E-state index contributed by atoms with van der Waals surface area (Å²) in [4.78, 5) is 4.52. The molecule has 0 bridgehead atoms. The van der Waals surface area contributed by atoms with Gasteiger partial charge in [0.15, 0.2) is 0 Å². The van der Waals surface area contributed by atoms with Gasteiger partial charge in [0.25, 0.3) is 0 Å². The maximum atomic E-state index is 10.6. The van der Waals surface area contributed by atoms with Crippen molar-refractivity contribution in [2.24, 2.45) is 0 Å². The molecular weight excluding hydrogens is 352 g/mol. The molecule has 1 fully saturated rings. The summed E-state index contributed by atoms with van der Waals surface area (Å²) in [6.45, 7) is 7.64. The Morgan fingerprint density at radius 3 is 2.25 bits per heavy atom. The fraction of sp³-hybridized carbons (Fsp3) is 0.478. The van der Waals surface area contributed by atoms with Crippen molar-refractivity contribution in [3.05, 3.63) is 71.3 Å². The van der Waals surface area contributed by atoms with Gasteiger partial charge in [-0.05, 0) is 23.6 Å². The Morgan fingerprint density at radius 2 is 1.57 bits per heavy atom. The average molecular weight is 385 g/mol. The van der Waals surface area contributed by atoms with Crippen LogP contribution in [-0.2, 0) is 4.74 Å². The molecule has 0 radical (unpaired) electrons. The second-order valence-electron chi connectivity index (χ2n) is 7.50. The summed E-state index contributed by atoms with van der Waals surface area (Å²) < 4.78 is 6.24. The minimum atomic E-state index is -0.528. The Labute approximate surface area is 168 Å². The van der Waals surface area contributed by atoms with Crippen LogP contribution in [0, 0.1) is 6.92 Å². The molecule has 2 aromatic rings. The average Bonchev–Trinajstić information content (AvgIpc) is 2.72. The summed E-state index contributed by atoms with van der Waals surface area (Å²) >= 11 is 0. The van der Waals surface area contributed by atoms with E-state index >= 15 is 0 Å². The third kappa shape index (κ3) is 5.87. The van der Waals surface area contributed by atoms with Crippen molar-refractivity contribution in [3.63, 3.8) is 0 Å². The van der Waals surface area contributed by atoms with E-state index in [0.29, 0.717) is 13.2 Å². The lowest BCUT2D eigenvalue weighted by molar-refractivity contribution is -0.0151. The summed E-state index contributed by atoms with van der Waals surface area (Å²) in [5, 5.41) is 19.6. The van der Waals surface area contributed by atoms with E-state index in [1.807, 2.05) is 30.3 Å². The van der Waals surface area contributed by atoms with E-state index in [1.165, 1.54) is 5.56 Å². The fourth-order valence-electron chi connectivity index (χ4n) is 3.77. The lowest BCUT2D eigenvalue weighted by Crippen LogP contribution is -2.49. The predicted octanol–water partition coefficient (Wildman–Crippen LogP) is 2.07. The van der Waals surface area contributed by atoms with E-state index in [2.05, 4.69) is 41.0 Å². The minimum absolute atomic E-state index is 0.182. The molecular formula is C23H32N2O3. The fourth-order valence-corrected chi connectivity index (χ4v) is 3.77. The zero-order valence-corrected chi connectivity index (χ0v) is 16.7. The van der Waals surface area contributed by atoms with Crippen LogP contribution >= 0.6 is 0 Å². The zero-order chi connectivity index (χ0) is 19.8. The van der Waals surface area contributed by atoms with Gasteiger partial charge in [-0.3, -0.25) is 9.80 Å². The SMILES string of the molecule is Cc1ccccc1[C@H](OC[C@@H](O)CN1CCN(CCO)CC1)c1ccccc1. The summed E-state index contributed by atoms with van der Waals surface area (Å²) in [6.07, 6.45) is -0.710. The van der Waals surface area contributed by atoms with Crippen molar-refractivity contribution in [2.75, 3.05) is 52.5 Å². The van der Waals surface area contributed by atoms with E-state index in [-0.39, 0.29) is 12.7 Å². The highest BCUT2D eigenvalue weighted by Crippen LogP contribution is 2.28. The third-order valence-electron chi connectivity index (χ3n) is 5.38. The first-order chi connectivity index (χ1) is 13.7. The molecule has 0 unspecified atom stereocenters. The van der Waals surface area contributed by atoms with Gasteiger partial charge in [0.05, 0.1) is 19.3 Å². The van der Waals surface area contributed by atoms with Crippen molar-refractivity contribution < 1.29 is 14.9 Å². The molecule has 1 saturated heterocycles. The monoisotopic (exact) mass is 384 g/mol. The first-order valence-corrected chi connectivity index (χ1v) is 10.1. The number of β-amino-alcohol motifs (C(OH)–C–C–N with tert-alkyl or cyclic N) is 2. The van der Waals surface area contributed by atoms with Crippen LogP contribution in [0.25, 0.3) is 0 Å². The van der Waals surface area contributed by atoms with E-state index in [0.717, 1.165) is 43.9 Å². The van der Waals surface area contributed by atoms with Crippen molar-refractivity contribution in [1.29, 1.82) is 0 Å². The van der Waals surface area contributed by atoms with Crippen LogP contribution in [-0.4, -0.2) is 78.6 Å². The second kappa shape index (κ2) is 10.7. The Morgan fingerprint density at radius 1 is 0.929 bits per heavy atom. The number of aliphatic hydroxyl groups is 2. The molecule has 1 aliphatic rings. The number of benzene rings is 2. The molecule has 0 saturated carbocycles. The maximum Gasteiger partial charge on any atom is 0.108 e. The lowest BCUT2D eigenvalue weighted by atomic mass is 9.97. The Hall–Kier alpha value is -1.76. The number of hydrogen-bond donors (Lipinski definition) is 2. The normalized spacial score (nSPS) is 18.1. The van der Waals surface area contributed by atoms with Gasteiger partial charge in [-0.25, -0.2) is 0 Å². The van der Waals surface area contributed by atoms with Crippen molar-refractivity contribution in [3.8, 4) is 0 Å². The molecule has 0 spiro atoms. The zero-order valence-electron chi connectivity index (χ0n) is 16.7. The molecule has 152 valence electrons. The first kappa shape index (κ1) is 21.0. The van der Waals surface area contributed by atoms with Crippen LogP contribution in [0.2, 0.25) is 0 Å². The van der Waals surface area contributed by atoms with Gasteiger partial charge in [-0.15, -0.1) is 0 Å². The van der Waals surface area contributed by atoms with Crippen LogP contribution < -0.4 is 0 Å². The van der Waals surface area contributed by atoms with Gasteiger partial charge in [-0.2, -0.15) is 0 Å². The number of hydrogen-bond acceptors (Lipinski definition) is 5. The van der Waals surface area contributed by atoms with E-state index in [9.17, 15) is 5.11 Å². The van der Waals surface area contributed by atoms with Crippen LogP contribution in [0.4, 0.5) is 0 Å². The molecule has 28 heavy (non-hydrogen) atoms. The molecule has 5 heteroatoms. The molecule has 0 amide bonds. The first-order valence-electron chi connectivity index (χ1n) is 10.1. The number of aliphatic hydroxyl groups excluding tert-OH is 2. The molecule has 2 atom stereocenters. The van der Waals surface area contributed by atoms with Crippen LogP contribution in [0.5, 0.6) is 0 Å². The smallest absolute Gasteiger partial charge is 0.108 e.